The van der Waals surface area contributed by atoms with Gasteiger partial charge in [0.05, 0.1) is 11.0 Å². The van der Waals surface area contributed by atoms with Crippen LogP contribution in [0, 0.1) is 0 Å². The predicted octanol–water partition coefficient (Wildman–Crippen LogP) is 0.704. The molecule has 2 fully saturated rings. The molecule has 2 aliphatic rings. The monoisotopic (exact) mass is 203 g/mol. The lowest BCUT2D eigenvalue weighted by Gasteiger charge is -2.32. The van der Waals surface area contributed by atoms with Crippen molar-refractivity contribution in [2.24, 2.45) is 0 Å². The Labute approximate surface area is 79.8 Å². The van der Waals surface area contributed by atoms with E-state index in [1.807, 2.05) is 6.92 Å². The van der Waals surface area contributed by atoms with Crippen LogP contribution in [0.3, 0.4) is 0 Å². The molecule has 1 aliphatic carbocycles. The minimum absolute atomic E-state index is 0.0738. The number of sulfone groups is 1. The molecule has 4 heteroatoms. The van der Waals surface area contributed by atoms with Crippen LogP contribution in [0.25, 0.3) is 0 Å². The molecule has 3 atom stereocenters. The molecule has 3 unspecified atom stereocenters. The van der Waals surface area contributed by atoms with E-state index < -0.39 is 9.84 Å². The van der Waals surface area contributed by atoms with Crippen LogP contribution in [-0.2, 0) is 9.84 Å². The van der Waals surface area contributed by atoms with Gasteiger partial charge in [0.25, 0.3) is 0 Å². The van der Waals surface area contributed by atoms with Crippen molar-refractivity contribution in [1.82, 2.24) is 5.32 Å². The zero-order chi connectivity index (χ0) is 9.47. The summed E-state index contributed by atoms with van der Waals surface area (Å²) in [7, 11) is -2.78. The Morgan fingerprint density at radius 3 is 2.85 bits per heavy atom. The molecule has 0 radical (unpaired) electrons. The van der Waals surface area contributed by atoms with Crippen LogP contribution >= 0.6 is 0 Å². The van der Waals surface area contributed by atoms with Crippen molar-refractivity contribution in [3.05, 3.63) is 0 Å². The van der Waals surface area contributed by atoms with E-state index in [1.165, 1.54) is 0 Å². The standard InChI is InChI=1S/C9H17NO2S/c1-2-7-6-13(11,12)9-5-3-4-8(9)10-7/h7-10H,2-6H2,1H3. The fraction of sp³-hybridized carbons (Fsp3) is 1.00. The zero-order valence-corrected chi connectivity index (χ0v) is 8.81. The molecule has 3 nitrogen and oxygen atoms in total. The van der Waals surface area contributed by atoms with Crippen LogP contribution in [0.2, 0.25) is 0 Å². The summed E-state index contributed by atoms with van der Waals surface area (Å²) in [6.45, 7) is 2.04. The van der Waals surface area contributed by atoms with E-state index in [0.29, 0.717) is 5.75 Å². The lowest BCUT2D eigenvalue weighted by atomic mass is 10.2. The van der Waals surface area contributed by atoms with Gasteiger partial charge >= 0.3 is 0 Å². The van der Waals surface area contributed by atoms with E-state index in [2.05, 4.69) is 5.32 Å². The highest BCUT2D eigenvalue weighted by Crippen LogP contribution is 2.30. The molecule has 1 saturated carbocycles. The van der Waals surface area contributed by atoms with E-state index in [0.717, 1.165) is 25.7 Å². The Morgan fingerprint density at radius 2 is 2.15 bits per heavy atom. The van der Waals surface area contributed by atoms with Crippen molar-refractivity contribution >= 4 is 9.84 Å². The summed E-state index contributed by atoms with van der Waals surface area (Å²) in [5, 5.41) is 3.37. The predicted molar refractivity (Wildman–Crippen MR) is 52.4 cm³/mol. The molecular formula is C9H17NO2S. The molecule has 13 heavy (non-hydrogen) atoms. The third-order valence-electron chi connectivity index (χ3n) is 3.29. The average molecular weight is 203 g/mol. The molecule has 1 N–H and O–H groups in total. The number of hydrogen-bond acceptors (Lipinski definition) is 3. The topological polar surface area (TPSA) is 46.2 Å². The maximum atomic E-state index is 11.8. The van der Waals surface area contributed by atoms with Crippen molar-refractivity contribution in [2.45, 2.75) is 49.9 Å². The maximum Gasteiger partial charge on any atom is 0.156 e. The number of rotatable bonds is 1. The molecule has 0 spiro atoms. The third kappa shape index (κ3) is 1.62. The Morgan fingerprint density at radius 1 is 1.38 bits per heavy atom. The van der Waals surface area contributed by atoms with Crippen LogP contribution in [0.5, 0.6) is 0 Å². The second-order valence-corrected chi connectivity index (χ2v) is 6.44. The highest BCUT2D eigenvalue weighted by atomic mass is 32.2. The van der Waals surface area contributed by atoms with Gasteiger partial charge in [-0.1, -0.05) is 13.3 Å². The van der Waals surface area contributed by atoms with Gasteiger partial charge in [0.2, 0.25) is 0 Å². The number of hydrogen-bond donors (Lipinski definition) is 1. The first-order chi connectivity index (χ1) is 6.13. The third-order valence-corrected chi connectivity index (χ3v) is 5.64. The molecule has 1 aliphatic heterocycles. The van der Waals surface area contributed by atoms with Crippen molar-refractivity contribution in [2.75, 3.05) is 5.75 Å². The summed E-state index contributed by atoms with van der Waals surface area (Å²) in [6, 6.07) is 0.452. The van der Waals surface area contributed by atoms with Gasteiger partial charge in [-0.3, -0.25) is 0 Å². The van der Waals surface area contributed by atoms with Crippen LogP contribution in [0.15, 0.2) is 0 Å². The Kier molecular flexibility index (Phi) is 2.36. The highest BCUT2D eigenvalue weighted by molar-refractivity contribution is 7.92. The fourth-order valence-electron chi connectivity index (χ4n) is 2.54. The van der Waals surface area contributed by atoms with E-state index >= 15 is 0 Å². The summed E-state index contributed by atoms with van der Waals surface area (Å²) in [5.41, 5.74) is 0. The molecule has 0 bridgehead atoms. The fourth-order valence-corrected chi connectivity index (χ4v) is 4.92. The molecule has 0 aromatic heterocycles. The van der Waals surface area contributed by atoms with Gasteiger partial charge in [0.15, 0.2) is 9.84 Å². The summed E-state index contributed by atoms with van der Waals surface area (Å²) >= 11 is 0. The minimum Gasteiger partial charge on any atom is -0.309 e. The molecule has 1 saturated heterocycles. The Hall–Kier alpha value is -0.0900. The molecule has 76 valence electrons. The smallest absolute Gasteiger partial charge is 0.156 e. The largest absolute Gasteiger partial charge is 0.309 e. The average Bonchev–Trinajstić information content (AvgIpc) is 2.51. The van der Waals surface area contributed by atoms with E-state index in [9.17, 15) is 8.42 Å². The van der Waals surface area contributed by atoms with E-state index in [-0.39, 0.29) is 17.3 Å². The minimum atomic E-state index is -2.78. The van der Waals surface area contributed by atoms with Gasteiger partial charge in [0.1, 0.15) is 0 Å². The summed E-state index contributed by atoms with van der Waals surface area (Å²) in [5.74, 6) is 0.352. The van der Waals surface area contributed by atoms with Crippen LogP contribution < -0.4 is 5.32 Å². The van der Waals surface area contributed by atoms with Gasteiger partial charge in [-0.2, -0.15) is 0 Å². The van der Waals surface area contributed by atoms with Crippen LogP contribution in [0.1, 0.15) is 32.6 Å². The van der Waals surface area contributed by atoms with Gasteiger partial charge in [-0.05, 0) is 19.3 Å². The second kappa shape index (κ2) is 3.24. The lowest BCUT2D eigenvalue weighted by molar-refractivity contribution is 0.411. The molecule has 0 amide bonds. The van der Waals surface area contributed by atoms with Gasteiger partial charge in [-0.15, -0.1) is 0 Å². The number of nitrogens with one attached hydrogen (secondary N) is 1. The SMILES string of the molecule is CCC1CS(=O)(=O)C2CCCC2N1. The molecule has 0 aromatic carbocycles. The van der Waals surface area contributed by atoms with E-state index in [1.54, 1.807) is 0 Å². The highest BCUT2D eigenvalue weighted by Gasteiger charge is 2.42. The lowest BCUT2D eigenvalue weighted by Crippen LogP contribution is -2.54. The Bertz CT molecular complexity index is 286. The molecule has 0 aromatic rings. The summed E-state index contributed by atoms with van der Waals surface area (Å²) in [6.07, 6.45) is 3.90. The first kappa shape index (κ1) is 9.46. The van der Waals surface area contributed by atoms with Gasteiger partial charge in [0, 0.05) is 12.1 Å². The van der Waals surface area contributed by atoms with Gasteiger partial charge in [-0.25, -0.2) is 8.42 Å². The van der Waals surface area contributed by atoms with Crippen LogP contribution in [0.4, 0.5) is 0 Å². The van der Waals surface area contributed by atoms with Gasteiger partial charge < -0.3 is 5.32 Å². The number of fused-ring (bicyclic) bond motifs is 1. The second-order valence-electron chi connectivity index (χ2n) is 4.18. The van der Waals surface area contributed by atoms with Crippen molar-refractivity contribution in [3.63, 3.8) is 0 Å². The van der Waals surface area contributed by atoms with E-state index in [4.69, 9.17) is 0 Å². The quantitative estimate of drug-likeness (QED) is 0.682. The first-order valence-corrected chi connectivity index (χ1v) is 6.82. The first-order valence-electron chi connectivity index (χ1n) is 5.11. The summed E-state index contributed by atoms with van der Waals surface area (Å²) < 4.78 is 23.6. The van der Waals surface area contributed by atoms with Crippen LogP contribution in [-0.4, -0.2) is 31.5 Å². The maximum absolute atomic E-state index is 11.8. The molecule has 1 heterocycles. The Balaban J connectivity index is 2.21. The summed E-state index contributed by atoms with van der Waals surface area (Å²) in [4.78, 5) is 0. The van der Waals surface area contributed by atoms with Crippen molar-refractivity contribution in [3.8, 4) is 0 Å². The molecule has 2 rings (SSSR count). The normalized spacial score (nSPS) is 43.0. The molecular weight excluding hydrogens is 186 g/mol. The van der Waals surface area contributed by atoms with Crippen molar-refractivity contribution < 1.29 is 8.42 Å². The zero-order valence-electron chi connectivity index (χ0n) is 7.99. The van der Waals surface area contributed by atoms with Crippen molar-refractivity contribution in [1.29, 1.82) is 0 Å².